The third kappa shape index (κ3) is 5.44. The summed E-state index contributed by atoms with van der Waals surface area (Å²) in [5.41, 5.74) is 13.7. The Morgan fingerprint density at radius 2 is 1.84 bits per heavy atom. The van der Waals surface area contributed by atoms with E-state index < -0.39 is 0 Å². The van der Waals surface area contributed by atoms with Gasteiger partial charge in [-0.15, -0.1) is 0 Å². The second-order valence-corrected chi connectivity index (χ2v) is 10.6. The van der Waals surface area contributed by atoms with E-state index in [1.54, 1.807) is 0 Å². The molecule has 0 fully saturated rings. The first kappa shape index (κ1) is 22.6. The van der Waals surface area contributed by atoms with Crippen LogP contribution in [0.5, 0.6) is 5.75 Å². The van der Waals surface area contributed by atoms with Crippen LogP contribution in [-0.4, -0.2) is 21.8 Å². The first-order chi connectivity index (χ1) is 14.9. The Kier molecular flexibility index (Phi) is 7.24. The van der Waals surface area contributed by atoms with Crippen molar-refractivity contribution in [2.45, 2.75) is 68.5 Å². The Balaban J connectivity index is 1.49. The second-order valence-electron chi connectivity index (χ2n) is 8.96. The molecule has 0 saturated carbocycles. The number of benzene rings is 2. The van der Waals surface area contributed by atoms with Gasteiger partial charge in [0.1, 0.15) is 18.1 Å². The molecule has 0 saturated heterocycles. The standard InChI is InChI=1S/C26H33IN2O2/c1-16-11-22(31-15-25(27)28)12-17(2)23(16)14-21-9-10-24(30)26(29-21)20-8-7-18-5-3-4-6-19(18)13-20/h7-8,10-13,21,25-26,29-30H,3-6,9,14-15,28H2,1-2H3. The average Bonchev–Trinajstić information content (AvgIpc) is 2.75. The number of aryl methyl sites for hydroxylation is 4. The summed E-state index contributed by atoms with van der Waals surface area (Å²) in [6, 6.07) is 11.1. The Morgan fingerprint density at radius 1 is 1.13 bits per heavy atom. The lowest BCUT2D eigenvalue weighted by atomic mass is 9.87. The molecule has 3 unspecified atom stereocenters. The maximum absolute atomic E-state index is 10.6. The number of nitrogens with two attached hydrogens (primary N) is 1. The number of alkyl halides is 1. The fraction of sp³-hybridized carbons (Fsp3) is 0.462. The van der Waals surface area contributed by atoms with Crippen LogP contribution in [0.15, 0.2) is 42.2 Å². The van der Waals surface area contributed by atoms with E-state index in [-0.39, 0.29) is 16.1 Å². The van der Waals surface area contributed by atoms with Crippen LogP contribution in [0.1, 0.15) is 58.7 Å². The number of aliphatic hydroxyl groups excluding tert-OH is 1. The van der Waals surface area contributed by atoms with E-state index in [0.717, 1.165) is 25.0 Å². The van der Waals surface area contributed by atoms with E-state index in [2.05, 4.69) is 72.1 Å². The zero-order chi connectivity index (χ0) is 22.0. The van der Waals surface area contributed by atoms with Gasteiger partial charge in [0.25, 0.3) is 0 Å². The van der Waals surface area contributed by atoms with E-state index in [0.29, 0.717) is 12.4 Å². The van der Waals surface area contributed by atoms with Crippen molar-refractivity contribution >= 4 is 22.6 Å². The van der Waals surface area contributed by atoms with Crippen molar-refractivity contribution in [1.29, 1.82) is 0 Å². The van der Waals surface area contributed by atoms with Crippen molar-refractivity contribution in [1.82, 2.24) is 5.32 Å². The highest BCUT2D eigenvalue weighted by Crippen LogP contribution is 2.31. The first-order valence-electron chi connectivity index (χ1n) is 11.3. The molecule has 3 atom stereocenters. The van der Waals surface area contributed by atoms with Gasteiger partial charge >= 0.3 is 0 Å². The topological polar surface area (TPSA) is 67.5 Å². The molecule has 2 aromatic rings. The Labute approximate surface area is 199 Å². The minimum Gasteiger partial charge on any atom is -0.511 e. The minimum atomic E-state index is -0.126. The van der Waals surface area contributed by atoms with Gasteiger partial charge in [0.2, 0.25) is 0 Å². The third-order valence-corrected chi connectivity index (χ3v) is 6.90. The van der Waals surface area contributed by atoms with E-state index in [4.69, 9.17) is 10.5 Å². The molecule has 31 heavy (non-hydrogen) atoms. The molecular formula is C26H33IN2O2. The lowest BCUT2D eigenvalue weighted by Crippen LogP contribution is -2.38. The molecule has 1 heterocycles. The van der Waals surface area contributed by atoms with Gasteiger partial charge in [-0.25, -0.2) is 0 Å². The van der Waals surface area contributed by atoms with Gasteiger partial charge in [-0.2, -0.15) is 0 Å². The van der Waals surface area contributed by atoms with Gasteiger partial charge in [-0.05, 0) is 104 Å². The van der Waals surface area contributed by atoms with Crippen LogP contribution in [0.4, 0.5) is 0 Å². The van der Waals surface area contributed by atoms with Crippen molar-refractivity contribution < 1.29 is 9.84 Å². The lowest BCUT2D eigenvalue weighted by Gasteiger charge is -2.31. The highest BCUT2D eigenvalue weighted by atomic mass is 127. The third-order valence-electron chi connectivity index (χ3n) is 6.54. The average molecular weight is 532 g/mol. The molecule has 5 heteroatoms. The largest absolute Gasteiger partial charge is 0.511 e. The zero-order valence-corrected chi connectivity index (χ0v) is 20.6. The first-order valence-corrected chi connectivity index (χ1v) is 12.5. The molecule has 1 aliphatic carbocycles. The monoisotopic (exact) mass is 532 g/mol. The Hall–Kier alpha value is -1.57. The van der Waals surface area contributed by atoms with Crippen molar-refractivity contribution in [3.63, 3.8) is 0 Å². The Morgan fingerprint density at radius 3 is 2.55 bits per heavy atom. The summed E-state index contributed by atoms with van der Waals surface area (Å²) in [6.07, 6.45) is 8.63. The second kappa shape index (κ2) is 9.92. The zero-order valence-electron chi connectivity index (χ0n) is 18.5. The van der Waals surface area contributed by atoms with Crippen LogP contribution >= 0.6 is 22.6 Å². The fourth-order valence-corrected chi connectivity index (χ4v) is 5.07. The maximum atomic E-state index is 10.6. The molecule has 4 nitrogen and oxygen atoms in total. The molecule has 2 aromatic carbocycles. The number of aliphatic hydroxyl groups is 1. The van der Waals surface area contributed by atoms with Gasteiger partial charge < -0.3 is 20.9 Å². The maximum Gasteiger partial charge on any atom is 0.119 e. The molecule has 4 rings (SSSR count). The molecular weight excluding hydrogens is 499 g/mol. The summed E-state index contributed by atoms with van der Waals surface area (Å²) in [6.45, 7) is 4.81. The smallest absolute Gasteiger partial charge is 0.119 e. The summed E-state index contributed by atoms with van der Waals surface area (Å²) in [7, 11) is 0. The van der Waals surface area contributed by atoms with Crippen LogP contribution in [0.2, 0.25) is 0 Å². The summed E-state index contributed by atoms with van der Waals surface area (Å²) in [4.78, 5) is 0. The van der Waals surface area contributed by atoms with Crippen LogP contribution in [-0.2, 0) is 19.3 Å². The number of halogens is 1. The van der Waals surface area contributed by atoms with Crippen molar-refractivity contribution in [2.24, 2.45) is 5.73 Å². The number of fused-ring (bicyclic) bond motifs is 1. The normalized spacial score (nSPS) is 21.9. The van der Waals surface area contributed by atoms with Crippen LogP contribution in [0.3, 0.4) is 0 Å². The van der Waals surface area contributed by atoms with E-state index in [1.807, 2.05) is 6.08 Å². The predicted octanol–water partition coefficient (Wildman–Crippen LogP) is 5.37. The predicted molar refractivity (Wildman–Crippen MR) is 135 cm³/mol. The molecule has 4 N–H and O–H groups in total. The number of hydrogen-bond donors (Lipinski definition) is 3. The highest BCUT2D eigenvalue weighted by Gasteiger charge is 2.26. The summed E-state index contributed by atoms with van der Waals surface area (Å²) in [5.74, 6) is 1.33. The van der Waals surface area contributed by atoms with Crippen molar-refractivity contribution in [2.75, 3.05) is 6.61 Å². The van der Waals surface area contributed by atoms with Crippen molar-refractivity contribution in [3.8, 4) is 5.75 Å². The van der Waals surface area contributed by atoms with E-state index in [9.17, 15) is 5.11 Å². The molecule has 0 aromatic heterocycles. The van der Waals surface area contributed by atoms with Crippen LogP contribution in [0, 0.1) is 13.8 Å². The minimum absolute atomic E-state index is 0.00989. The summed E-state index contributed by atoms with van der Waals surface area (Å²) >= 11 is 2.17. The van der Waals surface area contributed by atoms with Gasteiger partial charge in [0.05, 0.1) is 10.1 Å². The fourth-order valence-electron chi connectivity index (χ4n) is 4.89. The molecule has 0 spiro atoms. The van der Waals surface area contributed by atoms with Gasteiger partial charge in [-0.3, -0.25) is 0 Å². The van der Waals surface area contributed by atoms with E-state index in [1.165, 1.54) is 52.6 Å². The van der Waals surface area contributed by atoms with Gasteiger partial charge in [-0.1, -0.05) is 40.8 Å². The lowest BCUT2D eigenvalue weighted by molar-refractivity contribution is 0.299. The number of rotatable bonds is 6. The van der Waals surface area contributed by atoms with Gasteiger partial charge in [0.15, 0.2) is 0 Å². The van der Waals surface area contributed by atoms with Crippen LogP contribution in [0.25, 0.3) is 0 Å². The van der Waals surface area contributed by atoms with Gasteiger partial charge in [0, 0.05) is 6.04 Å². The quantitative estimate of drug-likeness (QED) is 0.266. The van der Waals surface area contributed by atoms with E-state index >= 15 is 0 Å². The Bertz CT molecular complexity index is 947. The number of hydrogen-bond acceptors (Lipinski definition) is 4. The molecule has 1 aliphatic heterocycles. The SMILES string of the molecule is Cc1cc(OCC(N)I)cc(C)c1CC1CC=C(O)C(c2ccc3c(c2)CCCC3)N1. The molecule has 0 amide bonds. The molecule has 166 valence electrons. The summed E-state index contributed by atoms with van der Waals surface area (Å²) in [5, 5.41) is 14.3. The highest BCUT2D eigenvalue weighted by molar-refractivity contribution is 14.1. The molecule has 2 aliphatic rings. The number of ether oxygens (including phenoxy) is 1. The summed E-state index contributed by atoms with van der Waals surface area (Å²) < 4.78 is 5.81. The molecule has 0 radical (unpaired) electrons. The van der Waals surface area contributed by atoms with Crippen molar-refractivity contribution in [3.05, 3.63) is 75.5 Å². The van der Waals surface area contributed by atoms with Crippen LogP contribution < -0.4 is 15.8 Å². The number of nitrogens with one attached hydrogen (secondary N) is 1. The molecule has 0 bridgehead atoms.